The fourth-order valence-electron chi connectivity index (χ4n) is 4.05. The summed E-state index contributed by atoms with van der Waals surface area (Å²) in [7, 11) is 2.12. The van der Waals surface area contributed by atoms with Gasteiger partial charge in [-0.05, 0) is 13.1 Å². The summed E-state index contributed by atoms with van der Waals surface area (Å²) in [5.74, 6) is 0.261. The van der Waals surface area contributed by atoms with Crippen molar-refractivity contribution in [2.24, 2.45) is 0 Å². The molecule has 3 aliphatic heterocycles. The van der Waals surface area contributed by atoms with Gasteiger partial charge in [-0.15, -0.1) is 0 Å². The molecule has 138 valence electrons. The lowest BCUT2D eigenvalue weighted by Gasteiger charge is -2.46. The minimum Gasteiger partial charge on any atom is -0.508 e. The number of rotatable bonds is 4. The quantitative estimate of drug-likeness (QED) is 0.682. The van der Waals surface area contributed by atoms with Crippen LogP contribution in [0.5, 0.6) is 5.75 Å². The van der Waals surface area contributed by atoms with Gasteiger partial charge in [0.2, 0.25) is 0 Å². The Labute approximate surface area is 148 Å². The summed E-state index contributed by atoms with van der Waals surface area (Å²) in [5, 5.41) is 24.4. The number of hydrogen-bond donors (Lipinski definition) is 3. The van der Waals surface area contributed by atoms with Crippen molar-refractivity contribution in [3.8, 4) is 5.75 Å². The van der Waals surface area contributed by atoms with Gasteiger partial charge >= 0.3 is 0 Å². The Balaban J connectivity index is 1.45. The maximum absolute atomic E-state index is 11.0. The second-order valence-corrected chi connectivity index (χ2v) is 7.23. The number of nitrogens with one attached hydrogen (secondary N) is 1. The largest absolute Gasteiger partial charge is 0.508 e. The van der Waals surface area contributed by atoms with Gasteiger partial charge in [-0.1, -0.05) is 18.2 Å². The maximum Gasteiger partial charge on any atom is 0.176 e. The topological polar surface area (TPSA) is 77.4 Å². The molecule has 0 unspecified atom stereocenters. The summed E-state index contributed by atoms with van der Waals surface area (Å²) in [6.07, 6.45) is -1.08. The average molecular weight is 349 g/mol. The van der Waals surface area contributed by atoms with E-state index in [4.69, 9.17) is 9.47 Å². The lowest BCUT2D eigenvalue weighted by atomic mass is 9.94. The normalized spacial score (nSPS) is 36.6. The van der Waals surface area contributed by atoms with Gasteiger partial charge < -0.3 is 29.9 Å². The zero-order valence-corrected chi connectivity index (χ0v) is 14.5. The van der Waals surface area contributed by atoms with Gasteiger partial charge in [0.1, 0.15) is 11.9 Å². The van der Waals surface area contributed by atoms with Gasteiger partial charge in [-0.3, -0.25) is 4.90 Å². The monoisotopic (exact) mass is 349 g/mol. The van der Waals surface area contributed by atoms with Gasteiger partial charge in [0, 0.05) is 38.3 Å². The third kappa shape index (κ3) is 3.40. The molecule has 0 radical (unpaired) electrons. The molecule has 0 saturated carbocycles. The van der Waals surface area contributed by atoms with Gasteiger partial charge in [-0.25, -0.2) is 0 Å². The molecule has 1 aromatic carbocycles. The van der Waals surface area contributed by atoms with Crippen LogP contribution in [0.15, 0.2) is 24.3 Å². The van der Waals surface area contributed by atoms with Crippen LogP contribution in [0.2, 0.25) is 0 Å². The zero-order chi connectivity index (χ0) is 17.4. The van der Waals surface area contributed by atoms with Crippen LogP contribution in [0.3, 0.4) is 0 Å². The summed E-state index contributed by atoms with van der Waals surface area (Å²) in [4.78, 5) is 4.57. The molecule has 3 aliphatic rings. The van der Waals surface area contributed by atoms with E-state index < -0.39 is 6.10 Å². The van der Waals surface area contributed by atoms with E-state index >= 15 is 0 Å². The summed E-state index contributed by atoms with van der Waals surface area (Å²) in [6, 6.07) is 6.87. The number of aliphatic hydroxyl groups is 1. The summed E-state index contributed by atoms with van der Waals surface area (Å²) >= 11 is 0. The first-order chi connectivity index (χ1) is 12.1. The number of aliphatic hydroxyl groups excluding tert-OH is 1. The van der Waals surface area contributed by atoms with Crippen LogP contribution in [0.1, 0.15) is 5.56 Å². The smallest absolute Gasteiger partial charge is 0.176 e. The lowest BCUT2D eigenvalue weighted by molar-refractivity contribution is -0.186. The Hall–Kier alpha value is -1.22. The Morgan fingerprint density at radius 1 is 1.20 bits per heavy atom. The predicted octanol–water partition coefficient (Wildman–Crippen LogP) is -0.418. The Morgan fingerprint density at radius 3 is 2.72 bits per heavy atom. The molecule has 5 atom stereocenters. The lowest BCUT2D eigenvalue weighted by Crippen LogP contribution is -2.66. The molecule has 7 nitrogen and oxygen atoms in total. The summed E-state index contributed by atoms with van der Waals surface area (Å²) in [6.45, 7) is 4.74. The molecular formula is C18H27N3O4. The van der Waals surface area contributed by atoms with Crippen LogP contribution in [-0.2, 0) is 16.0 Å². The Kier molecular flexibility index (Phi) is 4.95. The molecule has 1 aromatic rings. The first-order valence-electron chi connectivity index (χ1n) is 9.01. The van der Waals surface area contributed by atoms with Gasteiger partial charge in [0.15, 0.2) is 6.29 Å². The van der Waals surface area contributed by atoms with E-state index in [1.54, 1.807) is 12.1 Å². The van der Waals surface area contributed by atoms with Crippen molar-refractivity contribution in [3.05, 3.63) is 29.8 Å². The molecule has 7 heteroatoms. The number of phenols is 1. The first kappa shape index (κ1) is 17.2. The predicted molar refractivity (Wildman–Crippen MR) is 92.2 cm³/mol. The molecule has 3 fully saturated rings. The van der Waals surface area contributed by atoms with Crippen LogP contribution in [0.25, 0.3) is 0 Å². The number of ether oxygens (including phenoxy) is 2. The highest BCUT2D eigenvalue weighted by Gasteiger charge is 2.52. The van der Waals surface area contributed by atoms with Crippen molar-refractivity contribution in [1.82, 2.24) is 15.1 Å². The third-order valence-corrected chi connectivity index (χ3v) is 5.61. The fraction of sp³-hybridized carbons (Fsp3) is 0.667. The number of benzene rings is 1. The molecule has 3 saturated heterocycles. The molecule has 3 heterocycles. The van der Waals surface area contributed by atoms with E-state index in [0.717, 1.165) is 31.7 Å². The zero-order valence-electron chi connectivity index (χ0n) is 14.5. The van der Waals surface area contributed by atoms with E-state index in [9.17, 15) is 10.2 Å². The number of hydrogen-bond acceptors (Lipinski definition) is 7. The highest BCUT2D eigenvalue weighted by Crippen LogP contribution is 2.32. The van der Waals surface area contributed by atoms with Crippen molar-refractivity contribution < 1.29 is 19.7 Å². The SMILES string of the molecule is CN1CCN([C@H]2[C@@H]3OC[C@@H](O3)[C@@H](NCc3ccccc3O)[C@@H]2O)CC1. The van der Waals surface area contributed by atoms with Crippen LogP contribution in [0.4, 0.5) is 0 Å². The summed E-state index contributed by atoms with van der Waals surface area (Å²) < 4.78 is 11.8. The van der Waals surface area contributed by atoms with Crippen molar-refractivity contribution in [1.29, 1.82) is 0 Å². The van der Waals surface area contributed by atoms with Gasteiger partial charge in [0.05, 0.1) is 24.8 Å². The number of nitrogens with zero attached hydrogens (tertiary/aromatic N) is 2. The average Bonchev–Trinajstić information content (AvgIpc) is 3.03. The van der Waals surface area contributed by atoms with Crippen molar-refractivity contribution in [3.63, 3.8) is 0 Å². The minimum atomic E-state index is -0.569. The number of likely N-dealkylation sites (N-methyl/N-ethyl adjacent to an activating group) is 1. The van der Waals surface area contributed by atoms with E-state index in [-0.39, 0.29) is 30.2 Å². The number of fused-ring (bicyclic) bond motifs is 2. The second kappa shape index (κ2) is 7.19. The molecule has 0 aromatic heterocycles. The van der Waals surface area contributed by atoms with E-state index in [1.165, 1.54) is 0 Å². The van der Waals surface area contributed by atoms with Gasteiger partial charge in [0.25, 0.3) is 0 Å². The molecule has 4 rings (SSSR count). The van der Waals surface area contributed by atoms with Crippen LogP contribution < -0.4 is 5.32 Å². The molecule has 0 spiro atoms. The van der Waals surface area contributed by atoms with Crippen molar-refractivity contribution >= 4 is 0 Å². The third-order valence-electron chi connectivity index (χ3n) is 5.61. The molecule has 0 aliphatic carbocycles. The second-order valence-electron chi connectivity index (χ2n) is 7.23. The standard InChI is InChI=1S/C18H27N3O4/c1-20-6-8-21(9-7-20)16-17(23)15(14-11-24-18(16)25-14)19-10-12-4-2-3-5-13(12)22/h2-5,14-19,22-23H,6-11H2,1H3/t14-,15-,16-,17+,18-/m1/s1. The first-order valence-corrected chi connectivity index (χ1v) is 9.01. The molecular weight excluding hydrogens is 322 g/mol. The Bertz CT molecular complexity index is 593. The maximum atomic E-state index is 11.0. The number of para-hydroxylation sites is 1. The molecule has 3 N–H and O–H groups in total. The van der Waals surface area contributed by atoms with Gasteiger partial charge in [-0.2, -0.15) is 0 Å². The molecule has 2 bridgehead atoms. The minimum absolute atomic E-state index is 0.158. The fourth-order valence-corrected chi connectivity index (χ4v) is 4.05. The van der Waals surface area contributed by atoms with E-state index in [2.05, 4.69) is 22.2 Å². The van der Waals surface area contributed by atoms with E-state index in [0.29, 0.717) is 13.2 Å². The number of aromatic hydroxyl groups is 1. The van der Waals surface area contributed by atoms with Crippen LogP contribution in [-0.4, -0.2) is 90.4 Å². The Morgan fingerprint density at radius 2 is 1.96 bits per heavy atom. The highest BCUT2D eigenvalue weighted by molar-refractivity contribution is 5.31. The van der Waals surface area contributed by atoms with Crippen molar-refractivity contribution in [2.75, 3.05) is 39.8 Å². The number of phenolic OH excluding ortho intramolecular Hbond substituents is 1. The number of piperazine rings is 1. The molecule has 0 amide bonds. The van der Waals surface area contributed by atoms with Crippen LogP contribution >= 0.6 is 0 Å². The van der Waals surface area contributed by atoms with Crippen molar-refractivity contribution in [2.45, 2.75) is 37.1 Å². The molecule has 25 heavy (non-hydrogen) atoms. The van der Waals surface area contributed by atoms with E-state index in [1.807, 2.05) is 12.1 Å². The highest BCUT2D eigenvalue weighted by atomic mass is 16.7. The van der Waals surface area contributed by atoms with Crippen LogP contribution in [0, 0.1) is 0 Å². The summed E-state index contributed by atoms with van der Waals surface area (Å²) in [5.41, 5.74) is 0.812.